The Hall–Kier alpha value is -2.56. The fraction of sp³-hybridized carbons (Fsp3) is 0.300. The van der Waals surface area contributed by atoms with Crippen molar-refractivity contribution in [2.24, 2.45) is 5.73 Å². The first kappa shape index (κ1) is 20.7. The molecule has 1 aliphatic rings. The number of aryl methyl sites for hydroxylation is 2. The molecule has 0 unspecified atom stereocenters. The van der Waals surface area contributed by atoms with Gasteiger partial charge in [0.2, 0.25) is 0 Å². The molecule has 30 heavy (non-hydrogen) atoms. The van der Waals surface area contributed by atoms with Gasteiger partial charge in [0.1, 0.15) is 14.9 Å². The minimum atomic E-state index is -0.594. The zero-order valence-electron chi connectivity index (χ0n) is 16.1. The number of aromatic nitrogens is 1. The monoisotopic (exact) mass is 461 g/mol. The molecule has 0 radical (unpaired) electrons. The Bertz CT molecular complexity index is 1110. The Labute approximate surface area is 184 Å². The Balaban J connectivity index is 1.42. The van der Waals surface area contributed by atoms with Gasteiger partial charge in [-0.3, -0.25) is 9.59 Å². The Morgan fingerprint density at radius 3 is 2.77 bits per heavy atom. The lowest BCUT2D eigenvalue weighted by Crippen LogP contribution is -2.22. The van der Waals surface area contributed by atoms with Crippen LogP contribution in [0.3, 0.4) is 0 Å². The van der Waals surface area contributed by atoms with Crippen molar-refractivity contribution in [3.05, 3.63) is 44.1 Å². The molecule has 0 bridgehead atoms. The highest BCUT2D eigenvalue weighted by Crippen LogP contribution is 2.38. The van der Waals surface area contributed by atoms with Gasteiger partial charge in [0.05, 0.1) is 16.1 Å². The van der Waals surface area contributed by atoms with Gasteiger partial charge in [0.15, 0.2) is 6.61 Å². The van der Waals surface area contributed by atoms with Crippen molar-refractivity contribution < 1.29 is 19.1 Å². The highest BCUT2D eigenvalue weighted by molar-refractivity contribution is 7.22. The third kappa shape index (κ3) is 4.16. The number of anilines is 1. The van der Waals surface area contributed by atoms with Crippen molar-refractivity contribution in [1.82, 2.24) is 4.98 Å². The van der Waals surface area contributed by atoms with E-state index >= 15 is 0 Å². The van der Waals surface area contributed by atoms with Gasteiger partial charge < -0.3 is 15.8 Å². The normalized spacial score (nSPS) is 13.0. The largest absolute Gasteiger partial charge is 0.451 e. The van der Waals surface area contributed by atoms with Crippen LogP contribution in [0.15, 0.2) is 17.5 Å². The second-order valence-electron chi connectivity index (χ2n) is 6.81. The number of thiophene rings is 2. The third-order valence-corrected chi connectivity index (χ3v) is 8.10. The molecule has 3 N–H and O–H groups in total. The minimum Gasteiger partial charge on any atom is -0.451 e. The van der Waals surface area contributed by atoms with E-state index in [9.17, 15) is 14.4 Å². The zero-order valence-corrected chi connectivity index (χ0v) is 18.6. The summed E-state index contributed by atoms with van der Waals surface area (Å²) >= 11 is 4.15. The minimum absolute atomic E-state index is 0.371. The van der Waals surface area contributed by atoms with Crippen molar-refractivity contribution in [2.75, 3.05) is 11.9 Å². The van der Waals surface area contributed by atoms with Crippen LogP contribution in [-0.2, 0) is 22.4 Å². The van der Waals surface area contributed by atoms with Crippen LogP contribution in [0.1, 0.15) is 49.0 Å². The van der Waals surface area contributed by atoms with E-state index in [0.29, 0.717) is 21.1 Å². The molecule has 0 fully saturated rings. The molecule has 0 aromatic carbocycles. The molecular weight excluding hydrogens is 442 g/mol. The molecular formula is C20H19N3O4S3. The third-order valence-electron chi connectivity index (χ3n) is 4.72. The number of carbonyl (C=O) groups is 3. The fourth-order valence-electron chi connectivity index (χ4n) is 3.37. The van der Waals surface area contributed by atoms with E-state index in [0.717, 1.165) is 46.0 Å². The number of hydrogen-bond acceptors (Lipinski definition) is 8. The Kier molecular flexibility index (Phi) is 5.98. The van der Waals surface area contributed by atoms with Crippen molar-refractivity contribution in [3.63, 3.8) is 0 Å². The lowest BCUT2D eigenvalue weighted by Gasteiger charge is -2.11. The van der Waals surface area contributed by atoms with Gasteiger partial charge in [-0.15, -0.1) is 34.0 Å². The number of nitrogens with two attached hydrogens (primary N) is 1. The van der Waals surface area contributed by atoms with E-state index in [4.69, 9.17) is 10.5 Å². The lowest BCUT2D eigenvalue weighted by molar-refractivity contribution is -0.119. The summed E-state index contributed by atoms with van der Waals surface area (Å²) in [6.45, 7) is 1.28. The van der Waals surface area contributed by atoms with Crippen molar-refractivity contribution in [3.8, 4) is 9.88 Å². The van der Waals surface area contributed by atoms with Crippen LogP contribution in [0.2, 0.25) is 0 Å². The number of esters is 1. The molecule has 3 heterocycles. The van der Waals surface area contributed by atoms with Gasteiger partial charge in [0.25, 0.3) is 11.8 Å². The topological polar surface area (TPSA) is 111 Å². The maximum atomic E-state index is 12.4. The van der Waals surface area contributed by atoms with E-state index in [1.54, 1.807) is 6.92 Å². The summed E-state index contributed by atoms with van der Waals surface area (Å²) in [7, 11) is 0. The van der Waals surface area contributed by atoms with Crippen LogP contribution in [0.4, 0.5) is 5.00 Å². The summed E-state index contributed by atoms with van der Waals surface area (Å²) in [6.07, 6.45) is 3.71. The summed E-state index contributed by atoms with van der Waals surface area (Å²) < 4.78 is 5.19. The number of rotatable bonds is 6. The van der Waals surface area contributed by atoms with Gasteiger partial charge >= 0.3 is 5.97 Å². The van der Waals surface area contributed by atoms with Crippen molar-refractivity contribution >= 4 is 56.8 Å². The molecule has 4 rings (SSSR count). The van der Waals surface area contributed by atoms with Gasteiger partial charge in [-0.2, -0.15) is 0 Å². The van der Waals surface area contributed by atoms with E-state index < -0.39 is 24.4 Å². The number of ether oxygens (including phenoxy) is 1. The maximum Gasteiger partial charge on any atom is 0.350 e. The molecule has 3 aromatic rings. The standard InChI is InChI=1S/C20H19N3O4S3/c1-10-16(30-18(22-10)13-7-4-8-28-13)20(26)27-9-14(24)23-19-15(17(21)25)11-5-2-3-6-12(11)29-19/h4,7-8H,2-3,5-6,9H2,1H3,(H2,21,25)(H,23,24). The van der Waals surface area contributed by atoms with Gasteiger partial charge in [0, 0.05) is 4.88 Å². The first-order chi connectivity index (χ1) is 14.4. The average Bonchev–Trinajstić information content (AvgIpc) is 3.43. The summed E-state index contributed by atoms with van der Waals surface area (Å²) in [5, 5.41) is 5.81. The number of amides is 2. The van der Waals surface area contributed by atoms with Gasteiger partial charge in [-0.05, 0) is 49.6 Å². The molecule has 0 spiro atoms. The lowest BCUT2D eigenvalue weighted by atomic mass is 9.95. The second kappa shape index (κ2) is 8.66. The van der Waals surface area contributed by atoms with Crippen LogP contribution in [-0.4, -0.2) is 29.4 Å². The van der Waals surface area contributed by atoms with E-state index in [1.807, 2.05) is 17.5 Å². The van der Waals surface area contributed by atoms with E-state index in [2.05, 4.69) is 10.3 Å². The van der Waals surface area contributed by atoms with Gasteiger partial charge in [-0.1, -0.05) is 6.07 Å². The smallest absolute Gasteiger partial charge is 0.350 e. The second-order valence-corrected chi connectivity index (χ2v) is 9.87. The highest BCUT2D eigenvalue weighted by Gasteiger charge is 2.25. The maximum absolute atomic E-state index is 12.4. The molecule has 0 saturated heterocycles. The summed E-state index contributed by atoms with van der Waals surface area (Å²) in [6, 6.07) is 3.85. The van der Waals surface area contributed by atoms with Crippen LogP contribution in [0.25, 0.3) is 9.88 Å². The molecule has 10 heteroatoms. The summed E-state index contributed by atoms with van der Waals surface area (Å²) in [4.78, 5) is 43.6. The van der Waals surface area contributed by atoms with Crippen LogP contribution < -0.4 is 11.1 Å². The number of primary amides is 1. The molecule has 0 aliphatic heterocycles. The first-order valence-electron chi connectivity index (χ1n) is 9.36. The quantitative estimate of drug-likeness (QED) is 0.539. The van der Waals surface area contributed by atoms with Crippen LogP contribution >= 0.6 is 34.0 Å². The van der Waals surface area contributed by atoms with E-state index in [1.165, 1.54) is 34.0 Å². The number of nitrogens with zero attached hydrogens (tertiary/aromatic N) is 1. The highest BCUT2D eigenvalue weighted by atomic mass is 32.1. The number of thiazole rings is 1. The molecule has 0 atom stereocenters. The van der Waals surface area contributed by atoms with Crippen LogP contribution in [0, 0.1) is 6.92 Å². The predicted octanol–water partition coefficient (Wildman–Crippen LogP) is 4.01. The first-order valence-corrected chi connectivity index (χ1v) is 11.9. The SMILES string of the molecule is Cc1nc(-c2cccs2)sc1C(=O)OCC(=O)Nc1sc2c(c1C(N)=O)CCCC2. The summed E-state index contributed by atoms with van der Waals surface area (Å²) in [5.74, 6) is -1.66. The van der Waals surface area contributed by atoms with Crippen molar-refractivity contribution in [1.29, 1.82) is 0 Å². The molecule has 156 valence electrons. The van der Waals surface area contributed by atoms with Crippen LogP contribution in [0.5, 0.6) is 0 Å². The fourth-order valence-corrected chi connectivity index (χ4v) is 6.43. The Morgan fingerprint density at radius 1 is 1.23 bits per heavy atom. The number of nitrogens with one attached hydrogen (secondary N) is 1. The van der Waals surface area contributed by atoms with Gasteiger partial charge in [-0.25, -0.2) is 9.78 Å². The number of hydrogen-bond donors (Lipinski definition) is 2. The molecule has 3 aromatic heterocycles. The molecule has 2 amide bonds. The Morgan fingerprint density at radius 2 is 2.03 bits per heavy atom. The summed E-state index contributed by atoms with van der Waals surface area (Å²) in [5.41, 5.74) is 7.43. The predicted molar refractivity (Wildman–Crippen MR) is 119 cm³/mol. The molecule has 0 saturated carbocycles. The van der Waals surface area contributed by atoms with E-state index in [-0.39, 0.29) is 0 Å². The molecule has 7 nitrogen and oxygen atoms in total. The van der Waals surface area contributed by atoms with Crippen molar-refractivity contribution in [2.45, 2.75) is 32.6 Å². The number of fused-ring (bicyclic) bond motifs is 1. The molecule has 1 aliphatic carbocycles. The number of carbonyl (C=O) groups excluding carboxylic acids is 3. The zero-order chi connectivity index (χ0) is 21.3. The average molecular weight is 462 g/mol.